The van der Waals surface area contributed by atoms with Crippen LogP contribution in [0, 0.1) is 11.3 Å². The van der Waals surface area contributed by atoms with Crippen LogP contribution in [-0.4, -0.2) is 15.9 Å². The number of hydrogen-bond acceptors (Lipinski definition) is 5. The number of benzene rings is 2. The quantitative estimate of drug-likeness (QED) is 0.305. The Bertz CT molecular complexity index is 1620. The normalized spacial score (nSPS) is 14.7. The summed E-state index contributed by atoms with van der Waals surface area (Å²) in [5, 5.41) is 14.4. The van der Waals surface area contributed by atoms with Gasteiger partial charge in [-0.05, 0) is 60.6 Å². The number of nitrogens with zero attached hydrogens (tertiary/aromatic N) is 3. The van der Waals surface area contributed by atoms with Crippen LogP contribution in [0.2, 0.25) is 0 Å². The zero-order chi connectivity index (χ0) is 24.5. The summed E-state index contributed by atoms with van der Waals surface area (Å²) in [7, 11) is 0. The molecule has 3 heterocycles. The zero-order valence-corrected chi connectivity index (χ0v) is 20.3. The number of hydrogen-bond donors (Lipinski definition) is 1. The van der Waals surface area contributed by atoms with Crippen molar-refractivity contribution in [3.8, 4) is 17.5 Å². The van der Waals surface area contributed by atoms with Crippen molar-refractivity contribution in [1.82, 2.24) is 9.97 Å². The maximum absolute atomic E-state index is 13.6. The average molecular weight is 487 g/mol. The average Bonchev–Trinajstić information content (AvgIpc) is 3.29. The third kappa shape index (κ3) is 4.04. The van der Waals surface area contributed by atoms with Gasteiger partial charge >= 0.3 is 0 Å². The van der Waals surface area contributed by atoms with Crippen LogP contribution < -0.4 is 5.32 Å². The van der Waals surface area contributed by atoms with Crippen molar-refractivity contribution >= 4 is 33.1 Å². The molecule has 1 atom stereocenters. The zero-order valence-electron chi connectivity index (χ0n) is 19.4. The first-order valence-electron chi connectivity index (χ1n) is 11.9. The molecular formula is C30H22N4OS. The van der Waals surface area contributed by atoms with Gasteiger partial charge in [0.05, 0.1) is 28.0 Å². The van der Waals surface area contributed by atoms with Gasteiger partial charge in [-0.3, -0.25) is 9.78 Å². The van der Waals surface area contributed by atoms with Gasteiger partial charge < -0.3 is 5.32 Å². The Hall–Kier alpha value is -4.34. The summed E-state index contributed by atoms with van der Waals surface area (Å²) in [6, 6.07) is 27.9. The van der Waals surface area contributed by atoms with Gasteiger partial charge in [0.15, 0.2) is 0 Å². The number of pyridine rings is 2. The number of carbonyl (C=O) groups is 1. The van der Waals surface area contributed by atoms with E-state index >= 15 is 0 Å². The third-order valence-corrected chi connectivity index (χ3v) is 7.93. The van der Waals surface area contributed by atoms with Crippen LogP contribution in [0.25, 0.3) is 22.3 Å². The first-order chi connectivity index (χ1) is 17.7. The molecule has 0 radical (unpaired) electrons. The molecule has 0 fully saturated rings. The number of fused-ring (bicyclic) bond motifs is 2. The Labute approximate surface area is 213 Å². The summed E-state index contributed by atoms with van der Waals surface area (Å²) in [5.41, 5.74) is 5.58. The summed E-state index contributed by atoms with van der Waals surface area (Å²) in [6.45, 7) is 0. The van der Waals surface area contributed by atoms with Crippen molar-refractivity contribution in [2.24, 2.45) is 0 Å². The minimum absolute atomic E-state index is 0.250. The van der Waals surface area contributed by atoms with Gasteiger partial charge in [0.2, 0.25) is 0 Å². The molecule has 0 unspecified atom stereocenters. The number of thiophene rings is 1. The van der Waals surface area contributed by atoms with Crippen molar-refractivity contribution < 1.29 is 4.79 Å². The summed E-state index contributed by atoms with van der Waals surface area (Å²) in [6.07, 6.45) is 4.44. The van der Waals surface area contributed by atoms with E-state index < -0.39 is 0 Å². The van der Waals surface area contributed by atoms with Gasteiger partial charge in [-0.15, -0.1) is 11.3 Å². The fourth-order valence-corrected chi connectivity index (χ4v) is 6.25. The highest BCUT2D eigenvalue weighted by Crippen LogP contribution is 2.42. The summed E-state index contributed by atoms with van der Waals surface area (Å²) >= 11 is 1.53. The van der Waals surface area contributed by atoms with Crippen LogP contribution in [0.4, 0.5) is 5.00 Å². The molecule has 2 aromatic carbocycles. The molecule has 0 aliphatic heterocycles. The lowest BCUT2D eigenvalue weighted by molar-refractivity contribution is 0.102. The van der Waals surface area contributed by atoms with E-state index in [9.17, 15) is 10.1 Å². The van der Waals surface area contributed by atoms with Gasteiger partial charge in [0.25, 0.3) is 5.91 Å². The predicted molar refractivity (Wildman–Crippen MR) is 143 cm³/mol. The molecule has 0 saturated carbocycles. The Kier molecular flexibility index (Phi) is 5.76. The number of nitriles is 1. The lowest BCUT2D eigenvalue weighted by Crippen LogP contribution is -2.13. The number of carbonyl (C=O) groups excluding carboxylic acids is 1. The van der Waals surface area contributed by atoms with E-state index in [4.69, 9.17) is 4.98 Å². The number of rotatable bonds is 4. The predicted octanol–water partition coefficient (Wildman–Crippen LogP) is 6.75. The number of para-hydroxylation sites is 1. The Morgan fingerprint density at radius 1 is 1.00 bits per heavy atom. The van der Waals surface area contributed by atoms with E-state index in [0.29, 0.717) is 33.4 Å². The van der Waals surface area contributed by atoms with Crippen molar-refractivity contribution in [3.63, 3.8) is 0 Å². The molecule has 0 saturated heterocycles. The lowest BCUT2D eigenvalue weighted by atomic mass is 9.83. The number of amides is 1. The van der Waals surface area contributed by atoms with Crippen LogP contribution in [-0.2, 0) is 12.8 Å². The maximum Gasteiger partial charge on any atom is 0.257 e. The smallest absolute Gasteiger partial charge is 0.257 e. The van der Waals surface area contributed by atoms with E-state index in [1.807, 2.05) is 48.5 Å². The lowest BCUT2D eigenvalue weighted by Gasteiger charge is -2.22. The monoisotopic (exact) mass is 486 g/mol. The van der Waals surface area contributed by atoms with E-state index in [0.717, 1.165) is 35.7 Å². The minimum Gasteiger partial charge on any atom is -0.312 e. The van der Waals surface area contributed by atoms with Gasteiger partial charge in [-0.2, -0.15) is 5.26 Å². The van der Waals surface area contributed by atoms with E-state index in [1.165, 1.54) is 21.8 Å². The van der Waals surface area contributed by atoms with Gasteiger partial charge in [0.1, 0.15) is 11.1 Å². The van der Waals surface area contributed by atoms with Crippen molar-refractivity contribution in [2.45, 2.75) is 25.2 Å². The van der Waals surface area contributed by atoms with E-state index in [-0.39, 0.29) is 5.91 Å². The molecule has 1 aliphatic carbocycles. The Morgan fingerprint density at radius 3 is 2.61 bits per heavy atom. The summed E-state index contributed by atoms with van der Waals surface area (Å²) in [4.78, 5) is 23.9. The molecule has 6 heteroatoms. The molecule has 1 amide bonds. The fourth-order valence-electron chi connectivity index (χ4n) is 4.98. The Morgan fingerprint density at radius 2 is 1.81 bits per heavy atom. The summed E-state index contributed by atoms with van der Waals surface area (Å²) < 4.78 is 0. The topological polar surface area (TPSA) is 78.7 Å². The van der Waals surface area contributed by atoms with Crippen LogP contribution in [0.15, 0.2) is 85.1 Å². The van der Waals surface area contributed by atoms with E-state index in [1.54, 1.807) is 12.3 Å². The molecule has 1 aliphatic rings. The van der Waals surface area contributed by atoms with Crippen molar-refractivity contribution in [2.75, 3.05) is 5.32 Å². The van der Waals surface area contributed by atoms with Crippen molar-refractivity contribution in [1.29, 1.82) is 5.26 Å². The molecule has 36 heavy (non-hydrogen) atoms. The molecule has 0 bridgehead atoms. The molecule has 6 rings (SSSR count). The standard InChI is InChI=1S/C30H22N4OS/c31-18-24-22-14-13-20(19-8-2-1-3-9-19)16-28(22)36-30(24)34-29(35)23-17-27(26-12-6-7-15-32-26)33-25-11-5-4-10-21(23)25/h1-12,15,17,20H,13-14,16H2,(H,34,35)/t20-/m0/s1. The fraction of sp³-hybridized carbons (Fsp3) is 0.133. The molecule has 5 aromatic rings. The highest BCUT2D eigenvalue weighted by atomic mass is 32.1. The summed E-state index contributed by atoms with van der Waals surface area (Å²) in [5.74, 6) is 0.179. The van der Waals surface area contributed by atoms with Crippen LogP contribution >= 0.6 is 11.3 Å². The molecular weight excluding hydrogens is 464 g/mol. The van der Waals surface area contributed by atoms with Crippen LogP contribution in [0.5, 0.6) is 0 Å². The second-order valence-electron chi connectivity index (χ2n) is 8.91. The second-order valence-corrected chi connectivity index (χ2v) is 10.0. The number of nitrogens with one attached hydrogen (secondary N) is 1. The van der Waals surface area contributed by atoms with Crippen LogP contribution in [0.1, 0.15) is 44.3 Å². The van der Waals surface area contributed by atoms with E-state index in [2.05, 4.69) is 40.6 Å². The number of anilines is 1. The maximum atomic E-state index is 13.6. The van der Waals surface area contributed by atoms with Gasteiger partial charge in [-0.1, -0.05) is 54.6 Å². The molecule has 3 aromatic heterocycles. The van der Waals surface area contributed by atoms with Gasteiger partial charge in [-0.25, -0.2) is 4.98 Å². The first-order valence-corrected chi connectivity index (χ1v) is 12.7. The van der Waals surface area contributed by atoms with Gasteiger partial charge in [0, 0.05) is 16.5 Å². The highest BCUT2D eigenvalue weighted by molar-refractivity contribution is 7.16. The molecule has 5 nitrogen and oxygen atoms in total. The van der Waals surface area contributed by atoms with Crippen LogP contribution in [0.3, 0.4) is 0 Å². The third-order valence-electron chi connectivity index (χ3n) is 6.76. The minimum atomic E-state index is -0.250. The van der Waals surface area contributed by atoms with Crippen molar-refractivity contribution in [3.05, 3.63) is 112 Å². The molecule has 174 valence electrons. The second kappa shape index (κ2) is 9.37. The SMILES string of the molecule is N#Cc1c(NC(=O)c2cc(-c3ccccn3)nc3ccccc23)sc2c1CC[C@H](c1ccccc1)C2. The first kappa shape index (κ1) is 22.1. The molecule has 1 N–H and O–H groups in total. The molecule has 0 spiro atoms. The number of aromatic nitrogens is 2. The largest absolute Gasteiger partial charge is 0.312 e. The highest BCUT2D eigenvalue weighted by Gasteiger charge is 2.27. The Balaban J connectivity index is 1.35.